The minimum atomic E-state index is 1.22. The lowest BCUT2D eigenvalue weighted by Gasteiger charge is -2.23. The Morgan fingerprint density at radius 1 is 0.289 bits per heavy atom. The van der Waals surface area contributed by atoms with E-state index < -0.39 is 0 Å². The molecule has 7 rings (SSSR count). The molecule has 0 bridgehead atoms. The second-order valence-electron chi connectivity index (χ2n) is 9.71. The number of benzene rings is 7. The summed E-state index contributed by atoms with van der Waals surface area (Å²) in [4.78, 5) is 0. The number of fused-ring (bicyclic) bond motifs is 2. The van der Waals surface area contributed by atoms with Gasteiger partial charge in [-0.25, -0.2) is 0 Å². The summed E-state index contributed by atoms with van der Waals surface area (Å²) in [5.74, 6) is 0. The second kappa shape index (κ2) is 9.50. The minimum absolute atomic E-state index is 1.22. The third-order valence-corrected chi connectivity index (χ3v) is 7.42. The predicted molar refractivity (Wildman–Crippen MR) is 163 cm³/mol. The fourth-order valence-corrected chi connectivity index (χ4v) is 5.79. The smallest absolute Gasteiger partial charge is 0.00137 e. The predicted octanol–water partition coefficient (Wildman–Crippen LogP) is 10.7. The zero-order valence-corrected chi connectivity index (χ0v) is 21.0. The second-order valence-corrected chi connectivity index (χ2v) is 9.71. The summed E-state index contributed by atoms with van der Waals surface area (Å²) in [7, 11) is 0. The molecule has 0 aromatic heterocycles. The number of hydrogen-bond donors (Lipinski definition) is 0. The Bertz CT molecular complexity index is 1870. The van der Waals surface area contributed by atoms with Crippen molar-refractivity contribution in [2.45, 2.75) is 0 Å². The van der Waals surface area contributed by atoms with Gasteiger partial charge in [0.05, 0.1) is 0 Å². The minimum Gasteiger partial charge on any atom is -0.0622 e. The first-order valence-electron chi connectivity index (χ1n) is 13.1. The Labute approximate surface area is 223 Å². The fraction of sp³-hybridized carbons (Fsp3) is 0. The van der Waals surface area contributed by atoms with Gasteiger partial charge in [-0.3, -0.25) is 0 Å². The molecule has 38 heavy (non-hydrogen) atoms. The van der Waals surface area contributed by atoms with E-state index >= 15 is 0 Å². The molecule has 0 aliphatic carbocycles. The maximum absolute atomic E-state index is 2.40. The van der Waals surface area contributed by atoms with E-state index in [4.69, 9.17) is 0 Å². The van der Waals surface area contributed by atoms with E-state index in [9.17, 15) is 0 Å². The molecule has 178 valence electrons. The van der Waals surface area contributed by atoms with Crippen LogP contribution in [0.1, 0.15) is 0 Å². The van der Waals surface area contributed by atoms with Crippen LogP contribution in [-0.4, -0.2) is 0 Å². The van der Waals surface area contributed by atoms with Crippen LogP contribution in [0.15, 0.2) is 158 Å². The van der Waals surface area contributed by atoms with Crippen LogP contribution in [0.3, 0.4) is 0 Å². The molecule has 7 aromatic carbocycles. The molecule has 0 heteroatoms. The molecule has 0 unspecified atom stereocenters. The summed E-state index contributed by atoms with van der Waals surface area (Å²) < 4.78 is 0. The van der Waals surface area contributed by atoms with Crippen molar-refractivity contribution >= 4 is 21.5 Å². The molecule has 0 aliphatic rings. The average molecular weight is 483 g/mol. The molecule has 0 spiro atoms. The van der Waals surface area contributed by atoms with Gasteiger partial charge >= 0.3 is 0 Å². The third kappa shape index (κ3) is 3.79. The van der Waals surface area contributed by atoms with Crippen molar-refractivity contribution < 1.29 is 0 Å². The first-order chi connectivity index (χ1) is 18.9. The van der Waals surface area contributed by atoms with E-state index in [2.05, 4.69) is 158 Å². The number of rotatable bonds is 4. The molecular weight excluding hydrogens is 456 g/mol. The summed E-state index contributed by atoms with van der Waals surface area (Å²) in [6.45, 7) is 0. The van der Waals surface area contributed by atoms with Gasteiger partial charge in [0, 0.05) is 0 Å². The van der Waals surface area contributed by atoms with Gasteiger partial charge in [-0.1, -0.05) is 146 Å². The highest BCUT2D eigenvalue weighted by atomic mass is 14.2. The highest BCUT2D eigenvalue weighted by Gasteiger charge is 2.22. The van der Waals surface area contributed by atoms with E-state index in [1.165, 1.54) is 66.1 Å². The van der Waals surface area contributed by atoms with Crippen molar-refractivity contribution in [3.05, 3.63) is 158 Å². The molecule has 0 N–H and O–H groups in total. The van der Waals surface area contributed by atoms with Gasteiger partial charge < -0.3 is 0 Å². The van der Waals surface area contributed by atoms with Gasteiger partial charge in [0.1, 0.15) is 0 Å². The topological polar surface area (TPSA) is 0 Å². The van der Waals surface area contributed by atoms with Crippen LogP contribution >= 0.6 is 0 Å². The molecule has 7 aromatic rings. The van der Waals surface area contributed by atoms with Crippen molar-refractivity contribution in [2.75, 3.05) is 0 Å². The molecule has 0 saturated heterocycles. The monoisotopic (exact) mass is 482 g/mol. The first-order valence-corrected chi connectivity index (χ1v) is 13.1. The summed E-state index contributed by atoms with van der Waals surface area (Å²) in [5, 5.41) is 5.07. The van der Waals surface area contributed by atoms with Crippen LogP contribution in [0.4, 0.5) is 0 Å². The summed E-state index contributed by atoms with van der Waals surface area (Å²) >= 11 is 0. The standard InChI is InChI=1S/C38H26/c1-5-15-27(16-6-1)34-26-32-25-31-23-13-14-24-33(31)35(28-17-7-2-8-18-28)38(32)37(30-21-11-4-12-22-30)36(34)29-19-9-3-10-20-29/h1-26H. The lowest BCUT2D eigenvalue weighted by Crippen LogP contribution is -1.96. The molecule has 0 heterocycles. The number of hydrogen-bond acceptors (Lipinski definition) is 0. The lowest BCUT2D eigenvalue weighted by molar-refractivity contribution is 1.58. The van der Waals surface area contributed by atoms with E-state index in [1.807, 2.05) is 0 Å². The lowest BCUT2D eigenvalue weighted by atomic mass is 9.80. The third-order valence-electron chi connectivity index (χ3n) is 7.42. The largest absolute Gasteiger partial charge is 0.0622 e. The Morgan fingerprint density at radius 2 is 0.737 bits per heavy atom. The van der Waals surface area contributed by atoms with Gasteiger partial charge in [-0.2, -0.15) is 0 Å². The fourth-order valence-electron chi connectivity index (χ4n) is 5.79. The first kappa shape index (κ1) is 22.3. The van der Waals surface area contributed by atoms with Gasteiger partial charge in [-0.15, -0.1) is 0 Å². The van der Waals surface area contributed by atoms with E-state index in [0.29, 0.717) is 0 Å². The maximum Gasteiger partial charge on any atom is -0.00137 e. The van der Waals surface area contributed by atoms with Crippen LogP contribution in [0.25, 0.3) is 66.1 Å². The molecular formula is C38H26. The van der Waals surface area contributed by atoms with Crippen molar-refractivity contribution in [3.8, 4) is 44.5 Å². The van der Waals surface area contributed by atoms with Crippen LogP contribution < -0.4 is 0 Å². The average Bonchev–Trinajstić information content (AvgIpc) is 3.00. The van der Waals surface area contributed by atoms with Gasteiger partial charge in [0.15, 0.2) is 0 Å². The van der Waals surface area contributed by atoms with Crippen molar-refractivity contribution in [1.29, 1.82) is 0 Å². The zero-order chi connectivity index (χ0) is 25.3. The Morgan fingerprint density at radius 3 is 1.32 bits per heavy atom. The summed E-state index contributed by atoms with van der Waals surface area (Å²) in [6, 6.07) is 57.0. The molecule has 0 atom stereocenters. The van der Waals surface area contributed by atoms with Crippen LogP contribution in [0, 0.1) is 0 Å². The normalized spacial score (nSPS) is 11.2. The Kier molecular flexibility index (Phi) is 5.57. The highest BCUT2D eigenvalue weighted by molar-refractivity contribution is 6.21. The van der Waals surface area contributed by atoms with E-state index in [0.717, 1.165) is 0 Å². The van der Waals surface area contributed by atoms with Crippen LogP contribution in [0.5, 0.6) is 0 Å². The van der Waals surface area contributed by atoms with Crippen LogP contribution in [-0.2, 0) is 0 Å². The molecule has 0 radical (unpaired) electrons. The molecule has 0 saturated carbocycles. The van der Waals surface area contributed by atoms with E-state index in [1.54, 1.807) is 0 Å². The maximum atomic E-state index is 2.40. The van der Waals surface area contributed by atoms with Gasteiger partial charge in [0.2, 0.25) is 0 Å². The van der Waals surface area contributed by atoms with Crippen molar-refractivity contribution in [3.63, 3.8) is 0 Å². The quantitative estimate of drug-likeness (QED) is 0.219. The SMILES string of the molecule is c1ccc(-c2cc3cc4ccccc4c(-c4ccccc4)c3c(-c3ccccc3)c2-c2ccccc2)cc1. The molecule has 0 aliphatic heterocycles. The summed E-state index contributed by atoms with van der Waals surface area (Å²) in [5.41, 5.74) is 9.98. The molecule has 0 amide bonds. The van der Waals surface area contributed by atoms with Crippen LogP contribution in [0.2, 0.25) is 0 Å². The molecule has 0 fully saturated rings. The van der Waals surface area contributed by atoms with Gasteiger partial charge in [-0.05, 0) is 78.2 Å². The Balaban J connectivity index is 1.77. The Hall–Kier alpha value is -4.94. The van der Waals surface area contributed by atoms with E-state index in [-0.39, 0.29) is 0 Å². The highest BCUT2D eigenvalue weighted by Crippen LogP contribution is 2.49. The van der Waals surface area contributed by atoms with Crippen molar-refractivity contribution in [2.24, 2.45) is 0 Å². The zero-order valence-electron chi connectivity index (χ0n) is 21.0. The molecule has 0 nitrogen and oxygen atoms in total. The summed E-state index contributed by atoms with van der Waals surface area (Å²) in [6.07, 6.45) is 0. The van der Waals surface area contributed by atoms with Crippen molar-refractivity contribution in [1.82, 2.24) is 0 Å². The van der Waals surface area contributed by atoms with Gasteiger partial charge in [0.25, 0.3) is 0 Å².